The molecular weight excluding hydrogens is 547 g/mol. The van der Waals surface area contributed by atoms with Gasteiger partial charge in [-0.3, -0.25) is 19.3 Å². The van der Waals surface area contributed by atoms with Gasteiger partial charge in [0.2, 0.25) is 17.7 Å². The van der Waals surface area contributed by atoms with E-state index in [9.17, 15) is 14.4 Å². The van der Waals surface area contributed by atoms with Gasteiger partial charge in [-0.1, -0.05) is 55.0 Å². The number of imide groups is 1. The number of benzene rings is 3. The van der Waals surface area contributed by atoms with Gasteiger partial charge in [0.1, 0.15) is 15.5 Å². The fourth-order valence-electron chi connectivity index (χ4n) is 6.70. The Morgan fingerprint density at radius 3 is 1.77 bits per heavy atom. The van der Waals surface area contributed by atoms with Crippen LogP contribution in [0.1, 0.15) is 54.9 Å². The molecule has 6 nitrogen and oxygen atoms in total. The van der Waals surface area contributed by atoms with Crippen molar-refractivity contribution < 1.29 is 19.1 Å². The number of amides is 3. The number of ether oxygens (including phenoxy) is 1. The van der Waals surface area contributed by atoms with E-state index in [0.717, 1.165) is 28.0 Å². The number of halogens is 2. The maximum atomic E-state index is 13.8. The second-order valence-corrected chi connectivity index (χ2v) is 11.8. The van der Waals surface area contributed by atoms with Gasteiger partial charge in [-0.25, -0.2) is 0 Å². The van der Waals surface area contributed by atoms with E-state index >= 15 is 0 Å². The highest BCUT2D eigenvalue weighted by atomic mass is 35.5. The maximum Gasteiger partial charge on any atom is 0.235 e. The fraction of sp³-hybridized carbons (Fsp3) is 0.344. The summed E-state index contributed by atoms with van der Waals surface area (Å²) >= 11 is 14.9. The first-order chi connectivity index (χ1) is 19.3. The second-order valence-electron chi connectivity index (χ2n) is 10.6. The number of rotatable bonds is 9. The van der Waals surface area contributed by atoms with Crippen molar-refractivity contribution in [2.24, 2.45) is 11.8 Å². The van der Waals surface area contributed by atoms with Gasteiger partial charge in [0.25, 0.3) is 0 Å². The fourth-order valence-corrected chi connectivity index (χ4v) is 7.80. The minimum Gasteiger partial charge on any atom is -0.494 e. The van der Waals surface area contributed by atoms with Crippen molar-refractivity contribution in [3.63, 3.8) is 0 Å². The normalized spacial score (nSPS) is 25.8. The van der Waals surface area contributed by atoms with Gasteiger partial charge in [-0.2, -0.15) is 0 Å². The first-order valence-electron chi connectivity index (χ1n) is 13.8. The number of alkyl halides is 2. The Morgan fingerprint density at radius 2 is 1.30 bits per heavy atom. The molecule has 0 unspecified atom stereocenters. The summed E-state index contributed by atoms with van der Waals surface area (Å²) in [5.74, 6) is -1.41. The predicted octanol–water partition coefficient (Wildman–Crippen LogP) is 6.18. The summed E-state index contributed by atoms with van der Waals surface area (Å²) in [6.07, 6.45) is 2.28. The van der Waals surface area contributed by atoms with Crippen LogP contribution in [0.15, 0.2) is 72.8 Å². The molecule has 8 heteroatoms. The van der Waals surface area contributed by atoms with Crippen LogP contribution >= 0.6 is 23.2 Å². The molecule has 3 aromatic rings. The Balaban J connectivity index is 1.12. The largest absolute Gasteiger partial charge is 0.494 e. The molecule has 3 amide bonds. The average Bonchev–Trinajstić information content (AvgIpc) is 3.23. The Labute approximate surface area is 243 Å². The molecule has 1 saturated heterocycles. The van der Waals surface area contributed by atoms with Crippen molar-refractivity contribution in [1.29, 1.82) is 0 Å². The first kappa shape index (κ1) is 26.9. The Hall–Kier alpha value is -3.35. The number of hydrogen-bond donors (Lipinski definition) is 1. The highest BCUT2D eigenvalue weighted by Crippen LogP contribution is 2.69. The lowest BCUT2D eigenvalue weighted by Gasteiger charge is -2.54. The molecule has 2 bridgehead atoms. The zero-order valence-corrected chi connectivity index (χ0v) is 23.7. The van der Waals surface area contributed by atoms with Crippen LogP contribution in [0, 0.1) is 11.8 Å². The number of likely N-dealkylation sites (tertiary alicyclic amines) is 1. The summed E-state index contributed by atoms with van der Waals surface area (Å²) in [6.45, 7) is 2.78. The molecule has 4 aliphatic rings. The van der Waals surface area contributed by atoms with E-state index in [1.165, 1.54) is 4.90 Å². The van der Waals surface area contributed by atoms with E-state index < -0.39 is 21.6 Å². The number of anilines is 1. The van der Waals surface area contributed by atoms with Crippen molar-refractivity contribution in [2.75, 3.05) is 18.5 Å². The second kappa shape index (κ2) is 10.2. The molecule has 3 aromatic carbocycles. The lowest BCUT2D eigenvalue weighted by molar-refractivity contribution is -0.140. The molecule has 0 saturated carbocycles. The number of nitrogens with one attached hydrogen (secondary N) is 1. The highest BCUT2D eigenvalue weighted by Gasteiger charge is 2.72. The van der Waals surface area contributed by atoms with Gasteiger partial charge in [0.05, 0.1) is 18.4 Å². The van der Waals surface area contributed by atoms with E-state index in [1.807, 2.05) is 79.7 Å². The van der Waals surface area contributed by atoms with Crippen LogP contribution in [-0.2, 0) is 24.1 Å². The van der Waals surface area contributed by atoms with Gasteiger partial charge in [-0.15, -0.1) is 23.2 Å². The van der Waals surface area contributed by atoms with Gasteiger partial charge < -0.3 is 10.1 Å². The Kier molecular flexibility index (Phi) is 6.87. The molecule has 0 spiro atoms. The summed E-state index contributed by atoms with van der Waals surface area (Å²) in [4.78, 5) is 39.1. The minimum absolute atomic E-state index is 0.0798. The van der Waals surface area contributed by atoms with Crippen LogP contribution in [0.2, 0.25) is 0 Å². The van der Waals surface area contributed by atoms with Crippen LogP contribution in [0.25, 0.3) is 0 Å². The third kappa shape index (κ3) is 3.95. The summed E-state index contributed by atoms with van der Waals surface area (Å²) in [7, 11) is 0. The predicted molar refractivity (Wildman–Crippen MR) is 155 cm³/mol. The number of carbonyl (C=O) groups excluding carboxylic acids is 3. The third-order valence-corrected chi connectivity index (χ3v) is 9.70. The number of nitrogens with zero attached hydrogens (tertiary/aromatic N) is 1. The maximum absolute atomic E-state index is 13.8. The summed E-state index contributed by atoms with van der Waals surface area (Å²) in [5.41, 5.74) is 3.91. The van der Waals surface area contributed by atoms with Crippen molar-refractivity contribution in [3.8, 4) is 5.75 Å². The van der Waals surface area contributed by atoms with Crippen molar-refractivity contribution >= 4 is 46.6 Å². The summed E-state index contributed by atoms with van der Waals surface area (Å²) < 4.78 is 5.43. The number of hydrogen-bond acceptors (Lipinski definition) is 4. The highest BCUT2D eigenvalue weighted by molar-refractivity contribution is 6.36. The van der Waals surface area contributed by atoms with Crippen LogP contribution < -0.4 is 10.1 Å². The molecule has 40 heavy (non-hydrogen) atoms. The molecule has 3 aliphatic carbocycles. The number of unbranched alkanes of at least 4 members (excludes halogenated alkanes) is 2. The topological polar surface area (TPSA) is 75.7 Å². The zero-order valence-electron chi connectivity index (χ0n) is 22.2. The molecule has 0 radical (unpaired) electrons. The van der Waals surface area contributed by atoms with Crippen LogP contribution in [0.3, 0.4) is 0 Å². The monoisotopic (exact) mass is 576 g/mol. The molecule has 1 heterocycles. The Morgan fingerprint density at radius 1 is 0.800 bits per heavy atom. The lowest BCUT2D eigenvalue weighted by atomic mass is 9.54. The molecule has 7 rings (SSSR count). The smallest absolute Gasteiger partial charge is 0.235 e. The minimum atomic E-state index is -1.16. The molecule has 1 N–H and O–H groups in total. The summed E-state index contributed by atoms with van der Waals surface area (Å²) in [6, 6.07) is 22.5. The molecular formula is C32H30Cl2N2O4. The quantitative estimate of drug-likeness (QED) is 0.187. The lowest BCUT2D eigenvalue weighted by Crippen LogP contribution is -2.57. The van der Waals surface area contributed by atoms with Crippen LogP contribution in [0.4, 0.5) is 5.69 Å². The van der Waals surface area contributed by atoms with E-state index in [2.05, 4.69) is 5.32 Å². The first-order valence-corrected chi connectivity index (χ1v) is 14.5. The van der Waals surface area contributed by atoms with E-state index in [1.54, 1.807) is 0 Å². The van der Waals surface area contributed by atoms with Crippen molar-refractivity contribution in [2.45, 2.75) is 42.4 Å². The van der Waals surface area contributed by atoms with Crippen molar-refractivity contribution in [3.05, 3.63) is 95.1 Å². The van der Waals surface area contributed by atoms with Gasteiger partial charge >= 0.3 is 0 Å². The number of carbonyl (C=O) groups is 3. The molecule has 1 fully saturated rings. The average molecular weight is 578 g/mol. The van der Waals surface area contributed by atoms with Crippen molar-refractivity contribution in [1.82, 2.24) is 4.90 Å². The third-order valence-electron chi connectivity index (χ3n) is 8.41. The summed E-state index contributed by atoms with van der Waals surface area (Å²) in [5, 5.41) is 2.89. The molecule has 1 aliphatic heterocycles. The van der Waals surface area contributed by atoms with Crippen LogP contribution in [-0.4, -0.2) is 35.8 Å². The van der Waals surface area contributed by atoms with E-state index in [0.29, 0.717) is 38.0 Å². The Bertz CT molecular complexity index is 1370. The zero-order chi connectivity index (χ0) is 28.1. The SMILES string of the molecule is CCOc1ccc(NC(=O)CCCCCN2C(=O)[C@@H]3[C@H](C2=O)C2(Cl)c4ccccc4C3(Cl)c3ccccc32)cc1. The van der Waals surface area contributed by atoms with E-state index in [4.69, 9.17) is 27.9 Å². The van der Waals surface area contributed by atoms with Crippen LogP contribution in [0.5, 0.6) is 5.75 Å². The van der Waals surface area contributed by atoms with E-state index in [-0.39, 0.29) is 24.3 Å². The molecule has 0 aromatic heterocycles. The van der Waals surface area contributed by atoms with Gasteiger partial charge in [0.15, 0.2) is 0 Å². The molecule has 206 valence electrons. The standard InChI is InChI=1S/C32H30Cl2N2O4/c1-2-40-21-17-15-20(16-18-21)35-26(37)14-4-3-9-19-36-29(38)27-28(30(36)39)32(34)23-11-6-5-10-22(23)31(27,33)24-12-7-8-13-25(24)32/h5-8,10-13,15-18,27-28H,2-4,9,14,19H2,1H3,(H,35,37)/t27-,28+,31?,32?. The van der Waals surface area contributed by atoms with Gasteiger partial charge in [-0.05, 0) is 66.3 Å². The van der Waals surface area contributed by atoms with Gasteiger partial charge in [0, 0.05) is 18.7 Å². The molecule has 2 atom stereocenters.